The van der Waals surface area contributed by atoms with Crippen molar-refractivity contribution in [2.45, 2.75) is 32.0 Å². The Morgan fingerprint density at radius 1 is 1.20 bits per heavy atom. The standard InChI is InChI=1S/C18H22N4O3/c23-16-4-3-15(17(24)20-16)22-11-13-9-12(1-2-14(13)18(22)25)10-21-7-5-19-6-8-21/h1-2,9,15,19H,3-8,10-11H2,(H,20,23,24)/i5D2,6D2,7D2,8D2. The first kappa shape index (κ1) is 9.45. The Bertz CT molecular complexity index is 1020. The minimum atomic E-state index is -2.91. The first-order valence-electron chi connectivity index (χ1n) is 11.9. The number of nitrogens with zero attached hydrogens (tertiary/aromatic N) is 2. The van der Waals surface area contributed by atoms with E-state index >= 15 is 0 Å². The number of hydrogen-bond donors (Lipinski definition) is 2. The third-order valence-electron chi connectivity index (χ3n) is 4.44. The van der Waals surface area contributed by atoms with Crippen LogP contribution in [-0.4, -0.2) is 59.6 Å². The molecule has 7 nitrogen and oxygen atoms in total. The van der Waals surface area contributed by atoms with Gasteiger partial charge < -0.3 is 10.2 Å². The molecule has 3 aliphatic rings. The molecule has 0 aromatic heterocycles. The second-order valence-electron chi connectivity index (χ2n) is 6.08. The van der Waals surface area contributed by atoms with Crippen LogP contribution >= 0.6 is 0 Å². The molecule has 2 saturated heterocycles. The van der Waals surface area contributed by atoms with Gasteiger partial charge in [-0.3, -0.25) is 24.6 Å². The predicted molar refractivity (Wildman–Crippen MR) is 90.6 cm³/mol. The molecule has 2 fully saturated rings. The Morgan fingerprint density at radius 3 is 2.76 bits per heavy atom. The van der Waals surface area contributed by atoms with E-state index in [1.807, 2.05) is 0 Å². The van der Waals surface area contributed by atoms with E-state index in [1.54, 1.807) is 11.4 Å². The maximum atomic E-state index is 12.8. The summed E-state index contributed by atoms with van der Waals surface area (Å²) in [5, 5.41) is 4.00. The molecule has 1 aromatic rings. The number of nitrogens with one attached hydrogen (secondary N) is 2. The van der Waals surface area contributed by atoms with Gasteiger partial charge in [-0.05, 0) is 23.6 Å². The number of hydrogen-bond acceptors (Lipinski definition) is 5. The van der Waals surface area contributed by atoms with Crippen LogP contribution in [0.25, 0.3) is 0 Å². The van der Waals surface area contributed by atoms with Gasteiger partial charge in [0.2, 0.25) is 11.8 Å². The Hall–Kier alpha value is -2.25. The van der Waals surface area contributed by atoms with Crippen LogP contribution in [0.15, 0.2) is 18.2 Å². The fourth-order valence-corrected chi connectivity index (χ4v) is 3.24. The summed E-state index contributed by atoms with van der Waals surface area (Å²) in [6.45, 7) is -12.0. The van der Waals surface area contributed by atoms with Gasteiger partial charge in [-0.1, -0.05) is 12.1 Å². The molecule has 2 N–H and O–H groups in total. The van der Waals surface area contributed by atoms with Crippen LogP contribution < -0.4 is 10.6 Å². The third kappa shape index (κ3) is 3.17. The van der Waals surface area contributed by atoms with Crippen molar-refractivity contribution in [1.29, 1.82) is 0 Å². The van der Waals surface area contributed by atoms with Crippen LogP contribution in [-0.2, 0) is 22.7 Å². The summed E-state index contributed by atoms with van der Waals surface area (Å²) in [6.07, 6.45) is 0.307. The summed E-state index contributed by atoms with van der Waals surface area (Å²) >= 11 is 0. The quantitative estimate of drug-likeness (QED) is 0.741. The number of amides is 3. The first-order valence-corrected chi connectivity index (χ1v) is 7.92. The lowest BCUT2D eigenvalue weighted by molar-refractivity contribution is -0.136. The van der Waals surface area contributed by atoms with E-state index in [9.17, 15) is 14.4 Å². The lowest BCUT2D eigenvalue weighted by Crippen LogP contribution is -2.52. The third-order valence-corrected chi connectivity index (χ3v) is 4.44. The van der Waals surface area contributed by atoms with Crippen molar-refractivity contribution < 1.29 is 25.3 Å². The highest BCUT2D eigenvalue weighted by Crippen LogP contribution is 2.28. The van der Waals surface area contributed by atoms with Crippen molar-refractivity contribution in [2.75, 3.05) is 26.0 Å². The molecule has 7 heteroatoms. The number of carbonyl (C=O) groups excluding carboxylic acids is 3. The Kier molecular flexibility index (Phi) is 2.48. The minimum absolute atomic E-state index is 0.0667. The van der Waals surface area contributed by atoms with E-state index in [0.29, 0.717) is 21.6 Å². The molecule has 0 saturated carbocycles. The molecule has 1 atom stereocenters. The summed E-state index contributed by atoms with van der Waals surface area (Å²) in [5.41, 5.74) is 1.18. The van der Waals surface area contributed by atoms with Gasteiger partial charge in [-0.2, -0.15) is 0 Å². The summed E-state index contributed by atoms with van der Waals surface area (Å²) < 4.78 is 64.3. The predicted octanol–water partition coefficient (Wildman–Crippen LogP) is -0.147. The molecule has 3 amide bonds. The Balaban J connectivity index is 1.61. The molecule has 1 aromatic carbocycles. The lowest BCUT2D eigenvalue weighted by atomic mass is 10.0. The van der Waals surface area contributed by atoms with Crippen LogP contribution in [0.4, 0.5) is 0 Å². The van der Waals surface area contributed by atoms with E-state index in [1.165, 1.54) is 17.0 Å². The number of carbonyl (C=O) groups is 3. The molecular formula is C18H22N4O3. The fraction of sp³-hybridized carbons (Fsp3) is 0.500. The number of piperazine rings is 1. The van der Waals surface area contributed by atoms with Crippen LogP contribution in [0.2, 0.25) is 0 Å². The summed E-state index contributed by atoms with van der Waals surface area (Å²) in [4.78, 5) is 38.3. The lowest BCUT2D eigenvalue weighted by Gasteiger charge is -2.29. The SMILES string of the molecule is [2H]C1([2H])NC([2H])([2H])C([2H])([2H])N(Cc2ccc3c(c2)CN(C2CCC(=O)NC2=O)C3=O)C1([2H])[2H]. The number of imide groups is 1. The number of fused-ring (bicyclic) bond motifs is 1. The molecule has 0 radical (unpaired) electrons. The van der Waals surface area contributed by atoms with Crippen LogP contribution in [0.3, 0.4) is 0 Å². The molecule has 4 rings (SSSR count). The van der Waals surface area contributed by atoms with E-state index in [-0.39, 0.29) is 19.4 Å². The maximum absolute atomic E-state index is 12.8. The highest BCUT2D eigenvalue weighted by molar-refractivity contribution is 6.05. The highest BCUT2D eigenvalue weighted by atomic mass is 16.2. The van der Waals surface area contributed by atoms with E-state index in [0.717, 1.165) is 0 Å². The second-order valence-corrected chi connectivity index (χ2v) is 6.08. The van der Waals surface area contributed by atoms with Gasteiger partial charge in [0.05, 0.1) is 0 Å². The maximum Gasteiger partial charge on any atom is 0.255 e. The molecule has 25 heavy (non-hydrogen) atoms. The highest BCUT2D eigenvalue weighted by Gasteiger charge is 2.39. The second kappa shape index (κ2) is 6.57. The van der Waals surface area contributed by atoms with E-state index < -0.39 is 56.3 Å². The fourth-order valence-electron chi connectivity index (χ4n) is 3.24. The van der Waals surface area contributed by atoms with E-state index in [2.05, 4.69) is 5.32 Å². The summed E-state index contributed by atoms with van der Waals surface area (Å²) in [5.74, 6) is -1.35. The van der Waals surface area contributed by atoms with Gasteiger partial charge in [0.15, 0.2) is 0 Å². The zero-order valence-electron chi connectivity index (χ0n) is 21.3. The average molecular weight is 350 g/mol. The van der Waals surface area contributed by atoms with Crippen molar-refractivity contribution in [1.82, 2.24) is 20.4 Å². The monoisotopic (exact) mass is 350 g/mol. The van der Waals surface area contributed by atoms with Crippen molar-refractivity contribution >= 4 is 17.7 Å². The number of piperidine rings is 1. The van der Waals surface area contributed by atoms with Crippen LogP contribution in [0.1, 0.15) is 45.3 Å². The molecule has 0 aliphatic carbocycles. The Morgan fingerprint density at radius 2 is 2.00 bits per heavy atom. The van der Waals surface area contributed by atoms with Crippen LogP contribution in [0, 0.1) is 0 Å². The van der Waals surface area contributed by atoms with Gasteiger partial charge >= 0.3 is 0 Å². The van der Waals surface area contributed by atoms with Crippen molar-refractivity contribution in [3.63, 3.8) is 0 Å². The largest absolute Gasteiger partial charge is 0.322 e. The molecule has 1 unspecified atom stereocenters. The van der Waals surface area contributed by atoms with Crippen LogP contribution in [0.5, 0.6) is 0 Å². The van der Waals surface area contributed by atoms with Crippen molar-refractivity contribution in [2.24, 2.45) is 0 Å². The first-order chi connectivity index (χ1) is 15.1. The molecule has 132 valence electrons. The summed E-state index contributed by atoms with van der Waals surface area (Å²) in [7, 11) is 0. The topological polar surface area (TPSA) is 81.8 Å². The van der Waals surface area contributed by atoms with Crippen molar-refractivity contribution in [3.05, 3.63) is 34.9 Å². The molecule has 0 spiro atoms. The normalized spacial score (nSPS) is 37.2. The van der Waals surface area contributed by atoms with Gasteiger partial charge in [0.25, 0.3) is 5.91 Å². The van der Waals surface area contributed by atoms with Crippen molar-refractivity contribution in [3.8, 4) is 0 Å². The van der Waals surface area contributed by atoms with Gasteiger partial charge in [-0.25, -0.2) is 0 Å². The average Bonchev–Trinajstić information content (AvgIpc) is 3.00. The zero-order chi connectivity index (χ0) is 24.6. The smallest absolute Gasteiger partial charge is 0.255 e. The number of benzene rings is 1. The van der Waals surface area contributed by atoms with Gasteiger partial charge in [-0.15, -0.1) is 0 Å². The minimum Gasteiger partial charge on any atom is -0.322 e. The number of rotatable bonds is 3. The summed E-state index contributed by atoms with van der Waals surface area (Å²) in [6, 6.07) is 3.67. The van der Waals surface area contributed by atoms with Gasteiger partial charge in [0, 0.05) is 62.0 Å². The molecule has 0 bridgehead atoms. The molecule has 3 heterocycles. The molecular weight excluding hydrogens is 320 g/mol. The molecule has 3 aliphatic heterocycles. The van der Waals surface area contributed by atoms with Gasteiger partial charge in [0.1, 0.15) is 6.04 Å². The van der Waals surface area contributed by atoms with E-state index in [4.69, 9.17) is 11.0 Å². The Labute approximate surface area is 157 Å². The zero-order valence-corrected chi connectivity index (χ0v) is 13.3.